The van der Waals surface area contributed by atoms with Gasteiger partial charge in [-0.2, -0.15) is 4.80 Å². The predicted octanol–water partition coefficient (Wildman–Crippen LogP) is 2.80. The third-order valence-electron chi connectivity index (χ3n) is 3.70. The van der Waals surface area contributed by atoms with E-state index < -0.39 is 0 Å². The van der Waals surface area contributed by atoms with Crippen LogP contribution in [0.5, 0.6) is 0 Å². The first kappa shape index (κ1) is 14.7. The Labute approximate surface area is 142 Å². The van der Waals surface area contributed by atoms with E-state index in [-0.39, 0.29) is 0 Å². The average Bonchev–Trinajstić information content (AvgIpc) is 3.20. The van der Waals surface area contributed by atoms with Crippen LogP contribution in [0.4, 0.5) is 5.82 Å². The molecule has 7 nitrogen and oxygen atoms in total. The van der Waals surface area contributed by atoms with Crippen LogP contribution in [0.3, 0.4) is 0 Å². The summed E-state index contributed by atoms with van der Waals surface area (Å²) in [6, 6.07) is 8.47. The van der Waals surface area contributed by atoms with Gasteiger partial charge in [0.15, 0.2) is 5.82 Å². The molecule has 0 aliphatic rings. The molecule has 0 aliphatic carbocycles. The topological polar surface area (TPSA) is 81.4 Å². The van der Waals surface area contributed by atoms with E-state index in [1.807, 2.05) is 0 Å². The zero-order valence-electron chi connectivity index (χ0n) is 13.3. The van der Waals surface area contributed by atoms with Crippen LogP contribution in [0.1, 0.15) is 11.4 Å². The van der Waals surface area contributed by atoms with E-state index in [1.165, 1.54) is 10.4 Å². The fourth-order valence-corrected chi connectivity index (χ4v) is 3.43. The number of nitrogens with one attached hydrogen (secondary N) is 1. The van der Waals surface area contributed by atoms with E-state index in [1.54, 1.807) is 24.7 Å². The number of aromatic nitrogens is 6. The van der Waals surface area contributed by atoms with E-state index >= 15 is 0 Å². The molecule has 0 bridgehead atoms. The molecular formula is C16H15N7S. The highest BCUT2D eigenvalue weighted by Crippen LogP contribution is 2.36. The van der Waals surface area contributed by atoms with Crippen molar-refractivity contribution in [2.24, 2.45) is 7.05 Å². The second-order valence-electron chi connectivity index (χ2n) is 5.47. The normalized spacial score (nSPS) is 11.1. The van der Waals surface area contributed by atoms with Crippen molar-refractivity contribution in [3.63, 3.8) is 0 Å². The van der Waals surface area contributed by atoms with Crippen LogP contribution < -0.4 is 5.32 Å². The van der Waals surface area contributed by atoms with E-state index in [9.17, 15) is 0 Å². The highest BCUT2D eigenvalue weighted by molar-refractivity contribution is 7.17. The smallest absolute Gasteiger partial charge is 0.193 e. The Hall–Kier alpha value is -2.87. The first-order valence-corrected chi connectivity index (χ1v) is 8.34. The molecule has 0 atom stereocenters. The van der Waals surface area contributed by atoms with Crippen molar-refractivity contribution >= 4 is 27.4 Å². The summed E-state index contributed by atoms with van der Waals surface area (Å²) in [5.41, 5.74) is 3.52. The Morgan fingerprint density at radius 2 is 2.00 bits per heavy atom. The summed E-state index contributed by atoms with van der Waals surface area (Å²) in [4.78, 5) is 11.2. The number of rotatable bonds is 4. The minimum Gasteiger partial charge on any atom is -0.362 e. The number of benzene rings is 1. The van der Waals surface area contributed by atoms with Crippen molar-refractivity contribution in [2.75, 3.05) is 5.32 Å². The van der Waals surface area contributed by atoms with Gasteiger partial charge in [0.2, 0.25) is 0 Å². The van der Waals surface area contributed by atoms with Crippen LogP contribution >= 0.6 is 11.3 Å². The molecule has 1 N–H and O–H groups in total. The number of hydrogen-bond acceptors (Lipinski definition) is 7. The maximum absolute atomic E-state index is 4.41. The molecule has 120 valence electrons. The summed E-state index contributed by atoms with van der Waals surface area (Å²) >= 11 is 1.61. The van der Waals surface area contributed by atoms with Gasteiger partial charge < -0.3 is 5.32 Å². The van der Waals surface area contributed by atoms with Crippen molar-refractivity contribution in [3.8, 4) is 11.1 Å². The van der Waals surface area contributed by atoms with Gasteiger partial charge in [-0.3, -0.25) is 0 Å². The van der Waals surface area contributed by atoms with Gasteiger partial charge in [0, 0.05) is 10.9 Å². The fourth-order valence-electron chi connectivity index (χ4n) is 2.51. The zero-order chi connectivity index (χ0) is 16.5. The summed E-state index contributed by atoms with van der Waals surface area (Å²) in [5.74, 6) is 1.40. The van der Waals surface area contributed by atoms with Crippen molar-refractivity contribution in [3.05, 3.63) is 47.4 Å². The highest BCUT2D eigenvalue weighted by atomic mass is 32.1. The number of thiophene rings is 1. The molecule has 4 aromatic rings. The molecule has 0 fully saturated rings. The second kappa shape index (κ2) is 5.97. The van der Waals surface area contributed by atoms with Gasteiger partial charge in [-0.25, -0.2) is 9.97 Å². The van der Waals surface area contributed by atoms with Crippen LogP contribution in [0, 0.1) is 6.92 Å². The minimum atomic E-state index is 0.461. The molecule has 0 unspecified atom stereocenters. The van der Waals surface area contributed by atoms with Gasteiger partial charge in [0.05, 0.1) is 19.0 Å². The Bertz CT molecular complexity index is 987. The zero-order valence-corrected chi connectivity index (χ0v) is 14.1. The van der Waals surface area contributed by atoms with Crippen LogP contribution in [0.25, 0.3) is 21.3 Å². The van der Waals surface area contributed by atoms with E-state index in [4.69, 9.17) is 0 Å². The molecule has 0 aliphatic heterocycles. The molecule has 0 saturated heterocycles. The number of nitrogens with zero attached hydrogens (tertiary/aromatic N) is 6. The molecular weight excluding hydrogens is 322 g/mol. The maximum atomic E-state index is 4.41. The molecule has 1 aromatic carbocycles. The average molecular weight is 337 g/mol. The first-order chi connectivity index (χ1) is 11.7. The highest BCUT2D eigenvalue weighted by Gasteiger charge is 2.13. The monoisotopic (exact) mass is 337 g/mol. The SMILES string of the molecule is Cc1ccc(-c2csc3ncnc(NCc4nnn(C)n4)c23)cc1. The lowest BCUT2D eigenvalue weighted by Crippen LogP contribution is -2.04. The van der Waals surface area contributed by atoms with Gasteiger partial charge in [0.1, 0.15) is 17.0 Å². The first-order valence-electron chi connectivity index (χ1n) is 7.47. The molecule has 4 rings (SSSR count). The molecule has 0 spiro atoms. The number of fused-ring (bicyclic) bond motifs is 1. The van der Waals surface area contributed by atoms with Crippen molar-refractivity contribution in [1.29, 1.82) is 0 Å². The van der Waals surface area contributed by atoms with Gasteiger partial charge in [0.25, 0.3) is 0 Å². The minimum absolute atomic E-state index is 0.461. The number of anilines is 1. The summed E-state index contributed by atoms with van der Waals surface area (Å²) in [6.45, 7) is 2.54. The van der Waals surface area contributed by atoms with Crippen LogP contribution in [-0.4, -0.2) is 30.2 Å². The van der Waals surface area contributed by atoms with Crippen LogP contribution in [0.15, 0.2) is 36.0 Å². The lowest BCUT2D eigenvalue weighted by atomic mass is 10.0. The third-order valence-corrected chi connectivity index (χ3v) is 4.58. The molecule has 24 heavy (non-hydrogen) atoms. The van der Waals surface area contributed by atoms with Gasteiger partial charge >= 0.3 is 0 Å². The second-order valence-corrected chi connectivity index (χ2v) is 6.32. The number of aryl methyl sites for hydroxylation is 2. The summed E-state index contributed by atoms with van der Waals surface area (Å²) in [7, 11) is 1.74. The Kier molecular flexibility index (Phi) is 3.66. The van der Waals surface area contributed by atoms with Gasteiger partial charge in [-0.05, 0) is 17.7 Å². The van der Waals surface area contributed by atoms with Crippen LogP contribution in [0.2, 0.25) is 0 Å². The Morgan fingerprint density at radius 1 is 1.17 bits per heavy atom. The van der Waals surface area contributed by atoms with E-state index in [0.717, 1.165) is 27.2 Å². The quantitative estimate of drug-likeness (QED) is 0.617. The summed E-state index contributed by atoms with van der Waals surface area (Å²) in [5, 5.41) is 18.4. The van der Waals surface area contributed by atoms with E-state index in [2.05, 4.69) is 67.3 Å². The van der Waals surface area contributed by atoms with Gasteiger partial charge in [-0.1, -0.05) is 29.8 Å². The molecule has 0 radical (unpaired) electrons. The van der Waals surface area contributed by atoms with Crippen LogP contribution in [-0.2, 0) is 13.6 Å². The molecule has 3 aromatic heterocycles. The summed E-state index contributed by atoms with van der Waals surface area (Å²) in [6.07, 6.45) is 1.57. The lowest BCUT2D eigenvalue weighted by Gasteiger charge is -2.07. The molecule has 3 heterocycles. The van der Waals surface area contributed by atoms with Crippen molar-refractivity contribution in [1.82, 2.24) is 30.2 Å². The Balaban J connectivity index is 1.72. The molecule has 0 saturated carbocycles. The standard InChI is InChI=1S/C16H15N7S/c1-10-3-5-11(6-4-10)12-8-24-16-14(12)15(18-9-19-16)17-7-13-20-22-23(2)21-13/h3-6,8-9H,7H2,1-2H3,(H,17,18,19). The Morgan fingerprint density at radius 3 is 2.75 bits per heavy atom. The predicted molar refractivity (Wildman–Crippen MR) is 93.7 cm³/mol. The third kappa shape index (κ3) is 2.71. The van der Waals surface area contributed by atoms with Gasteiger partial charge in [-0.15, -0.1) is 21.5 Å². The number of hydrogen-bond donors (Lipinski definition) is 1. The lowest BCUT2D eigenvalue weighted by molar-refractivity contribution is 0.628. The van der Waals surface area contributed by atoms with Crippen molar-refractivity contribution in [2.45, 2.75) is 13.5 Å². The fraction of sp³-hybridized carbons (Fsp3) is 0.188. The maximum Gasteiger partial charge on any atom is 0.193 e. The molecule has 0 amide bonds. The number of tetrazole rings is 1. The van der Waals surface area contributed by atoms with Crippen molar-refractivity contribution < 1.29 is 0 Å². The summed E-state index contributed by atoms with van der Waals surface area (Å²) < 4.78 is 0. The molecule has 8 heteroatoms. The largest absolute Gasteiger partial charge is 0.362 e. The van der Waals surface area contributed by atoms with E-state index in [0.29, 0.717) is 12.4 Å².